The zero-order chi connectivity index (χ0) is 16.8. The summed E-state index contributed by atoms with van der Waals surface area (Å²) in [5, 5.41) is 2.86. The second-order valence-corrected chi connectivity index (χ2v) is 6.58. The molecule has 1 aromatic heterocycles. The first-order chi connectivity index (χ1) is 11.7. The maximum absolute atomic E-state index is 11.9. The Morgan fingerprint density at radius 1 is 1.29 bits per heavy atom. The van der Waals surface area contributed by atoms with Gasteiger partial charge in [0.2, 0.25) is 11.8 Å². The molecule has 1 N–H and O–H groups in total. The molecule has 0 saturated carbocycles. The summed E-state index contributed by atoms with van der Waals surface area (Å²) in [6.45, 7) is 1.42. The van der Waals surface area contributed by atoms with Gasteiger partial charge in [0.05, 0.1) is 11.6 Å². The Hall–Kier alpha value is -2.28. The van der Waals surface area contributed by atoms with Crippen LogP contribution in [-0.2, 0) is 22.6 Å². The topological polar surface area (TPSA) is 67.2 Å². The van der Waals surface area contributed by atoms with Gasteiger partial charge in [-0.05, 0) is 5.56 Å². The molecule has 0 aliphatic carbocycles. The minimum absolute atomic E-state index is 0.0357. The van der Waals surface area contributed by atoms with Gasteiger partial charge in [0.1, 0.15) is 12.4 Å². The Morgan fingerprint density at radius 3 is 2.88 bits per heavy atom. The summed E-state index contributed by atoms with van der Waals surface area (Å²) < 4.78 is 2.09. The standard InChI is InChI=1S/C17H20N4O2S/c22-16(11-21-13-24-12-17(21)23)19-7-6-15-18-8-9-20(15)10-14-4-2-1-3-5-14/h1-5,8-9H,6-7,10-13H2,(H,19,22). The lowest BCUT2D eigenvalue weighted by Gasteiger charge is -2.14. The average Bonchev–Trinajstić information content (AvgIpc) is 3.18. The first-order valence-corrected chi connectivity index (χ1v) is 9.04. The van der Waals surface area contributed by atoms with Crippen LogP contribution >= 0.6 is 11.8 Å². The van der Waals surface area contributed by atoms with Crippen LogP contribution in [0.3, 0.4) is 0 Å². The normalized spacial score (nSPS) is 14.2. The number of nitrogens with zero attached hydrogens (tertiary/aromatic N) is 3. The molecule has 0 atom stereocenters. The zero-order valence-corrected chi connectivity index (χ0v) is 14.2. The van der Waals surface area contributed by atoms with Crippen LogP contribution in [0, 0.1) is 0 Å². The van der Waals surface area contributed by atoms with E-state index in [1.807, 2.05) is 24.4 Å². The van der Waals surface area contributed by atoms with Gasteiger partial charge in [0.15, 0.2) is 0 Å². The highest BCUT2D eigenvalue weighted by atomic mass is 32.2. The second kappa shape index (κ2) is 8.01. The van der Waals surface area contributed by atoms with Crippen LogP contribution in [0.5, 0.6) is 0 Å². The third-order valence-corrected chi connectivity index (χ3v) is 4.77. The monoisotopic (exact) mass is 344 g/mol. The number of carbonyl (C=O) groups excluding carboxylic acids is 2. The molecule has 1 saturated heterocycles. The van der Waals surface area contributed by atoms with E-state index in [0.29, 0.717) is 24.6 Å². The molecule has 0 radical (unpaired) electrons. The molecule has 6 nitrogen and oxygen atoms in total. The number of hydrogen-bond donors (Lipinski definition) is 1. The molecule has 0 bridgehead atoms. The maximum atomic E-state index is 11.9. The van der Waals surface area contributed by atoms with Crippen molar-refractivity contribution in [3.8, 4) is 0 Å². The van der Waals surface area contributed by atoms with Gasteiger partial charge in [-0.1, -0.05) is 30.3 Å². The van der Waals surface area contributed by atoms with E-state index in [9.17, 15) is 9.59 Å². The van der Waals surface area contributed by atoms with E-state index in [2.05, 4.69) is 27.0 Å². The van der Waals surface area contributed by atoms with E-state index in [1.165, 1.54) is 5.56 Å². The van der Waals surface area contributed by atoms with Crippen LogP contribution in [0.2, 0.25) is 0 Å². The summed E-state index contributed by atoms with van der Waals surface area (Å²) in [4.78, 5) is 29.4. The molecule has 2 aromatic rings. The maximum Gasteiger partial charge on any atom is 0.239 e. The lowest BCUT2D eigenvalue weighted by molar-refractivity contribution is -0.132. The van der Waals surface area contributed by atoms with Gasteiger partial charge in [-0.3, -0.25) is 9.59 Å². The Kier molecular flexibility index (Phi) is 5.53. The smallest absolute Gasteiger partial charge is 0.239 e. The molecule has 1 fully saturated rings. The first kappa shape index (κ1) is 16.6. The van der Waals surface area contributed by atoms with Gasteiger partial charge in [-0.2, -0.15) is 0 Å². The molecule has 1 aliphatic rings. The highest BCUT2D eigenvalue weighted by Crippen LogP contribution is 2.13. The van der Waals surface area contributed by atoms with Crippen molar-refractivity contribution >= 4 is 23.6 Å². The van der Waals surface area contributed by atoms with Crippen LogP contribution in [0.1, 0.15) is 11.4 Å². The summed E-state index contributed by atoms with van der Waals surface area (Å²) in [6.07, 6.45) is 4.39. The second-order valence-electron chi connectivity index (χ2n) is 5.63. The van der Waals surface area contributed by atoms with Crippen molar-refractivity contribution in [1.29, 1.82) is 0 Å². The number of benzene rings is 1. The fourth-order valence-corrected chi connectivity index (χ4v) is 3.48. The number of aromatic nitrogens is 2. The molecule has 1 aliphatic heterocycles. The predicted octanol–water partition coefficient (Wildman–Crippen LogP) is 1.12. The minimum atomic E-state index is -0.119. The van der Waals surface area contributed by atoms with Crippen molar-refractivity contribution in [2.24, 2.45) is 0 Å². The summed E-state index contributed by atoms with van der Waals surface area (Å²) in [5.74, 6) is 1.94. The number of hydrogen-bond acceptors (Lipinski definition) is 4. The van der Waals surface area contributed by atoms with Gasteiger partial charge in [-0.15, -0.1) is 11.8 Å². The Bertz CT molecular complexity index is 702. The minimum Gasteiger partial charge on any atom is -0.354 e. The highest BCUT2D eigenvalue weighted by Gasteiger charge is 2.22. The van der Waals surface area contributed by atoms with E-state index >= 15 is 0 Å². The molecule has 1 aromatic carbocycles. The van der Waals surface area contributed by atoms with Crippen molar-refractivity contribution in [2.45, 2.75) is 13.0 Å². The molecular weight excluding hydrogens is 324 g/mol. The molecule has 0 unspecified atom stereocenters. The fraction of sp³-hybridized carbons (Fsp3) is 0.353. The molecule has 3 rings (SSSR count). The molecule has 2 heterocycles. The molecule has 0 spiro atoms. The van der Waals surface area contributed by atoms with Crippen LogP contribution in [0.25, 0.3) is 0 Å². The van der Waals surface area contributed by atoms with Gasteiger partial charge >= 0.3 is 0 Å². The Balaban J connectivity index is 1.46. The van der Waals surface area contributed by atoms with E-state index in [1.54, 1.807) is 22.9 Å². The van der Waals surface area contributed by atoms with E-state index in [0.717, 1.165) is 12.4 Å². The zero-order valence-electron chi connectivity index (χ0n) is 13.4. The number of thioether (sulfide) groups is 1. The SMILES string of the molecule is O=C(CN1CSCC1=O)NCCc1nccn1Cc1ccccc1. The highest BCUT2D eigenvalue weighted by molar-refractivity contribution is 8.00. The molecular formula is C17H20N4O2S. The van der Waals surface area contributed by atoms with Crippen LogP contribution in [-0.4, -0.2) is 51.0 Å². The van der Waals surface area contributed by atoms with Crippen molar-refractivity contribution < 1.29 is 9.59 Å². The number of carbonyl (C=O) groups is 2. The van der Waals surface area contributed by atoms with Crippen molar-refractivity contribution in [3.63, 3.8) is 0 Å². The van der Waals surface area contributed by atoms with Crippen molar-refractivity contribution in [1.82, 2.24) is 19.8 Å². The fourth-order valence-electron chi connectivity index (χ4n) is 2.58. The molecule has 24 heavy (non-hydrogen) atoms. The van der Waals surface area contributed by atoms with Gasteiger partial charge in [-0.25, -0.2) is 4.98 Å². The van der Waals surface area contributed by atoms with Crippen LogP contribution < -0.4 is 5.32 Å². The number of nitrogens with one attached hydrogen (secondary N) is 1. The lowest BCUT2D eigenvalue weighted by Crippen LogP contribution is -2.39. The number of rotatable bonds is 7. The summed E-state index contributed by atoms with van der Waals surface area (Å²) in [5.41, 5.74) is 1.21. The van der Waals surface area contributed by atoms with Gasteiger partial charge in [0, 0.05) is 31.9 Å². The third kappa shape index (κ3) is 4.38. The quantitative estimate of drug-likeness (QED) is 0.817. The average molecular weight is 344 g/mol. The molecule has 126 valence electrons. The molecule has 2 amide bonds. The third-order valence-electron chi connectivity index (χ3n) is 3.83. The van der Waals surface area contributed by atoms with Gasteiger partial charge in [0.25, 0.3) is 0 Å². The Labute approximate surface area is 145 Å². The van der Waals surface area contributed by atoms with E-state index in [-0.39, 0.29) is 18.4 Å². The van der Waals surface area contributed by atoms with Crippen molar-refractivity contribution in [3.05, 3.63) is 54.1 Å². The van der Waals surface area contributed by atoms with Crippen LogP contribution in [0.15, 0.2) is 42.7 Å². The van der Waals surface area contributed by atoms with Crippen LogP contribution in [0.4, 0.5) is 0 Å². The van der Waals surface area contributed by atoms with E-state index < -0.39 is 0 Å². The predicted molar refractivity (Wildman–Crippen MR) is 93.5 cm³/mol. The largest absolute Gasteiger partial charge is 0.354 e. The van der Waals surface area contributed by atoms with E-state index in [4.69, 9.17) is 0 Å². The number of imidazole rings is 1. The lowest BCUT2D eigenvalue weighted by atomic mass is 10.2. The summed E-state index contributed by atoms with van der Waals surface area (Å²) in [7, 11) is 0. The molecule has 7 heteroatoms. The number of amides is 2. The van der Waals surface area contributed by atoms with Crippen molar-refractivity contribution in [2.75, 3.05) is 24.7 Å². The first-order valence-electron chi connectivity index (χ1n) is 7.88. The Morgan fingerprint density at radius 2 is 2.12 bits per heavy atom. The summed E-state index contributed by atoms with van der Waals surface area (Å²) >= 11 is 1.54. The van der Waals surface area contributed by atoms with Gasteiger partial charge < -0.3 is 14.8 Å². The summed E-state index contributed by atoms with van der Waals surface area (Å²) in [6, 6.07) is 10.2.